The van der Waals surface area contributed by atoms with Crippen molar-refractivity contribution in [3.63, 3.8) is 0 Å². The van der Waals surface area contributed by atoms with Crippen LogP contribution in [-0.2, 0) is 9.53 Å². The number of hydrogen-bond acceptors (Lipinski definition) is 5. The Morgan fingerprint density at radius 1 is 1.19 bits per heavy atom. The van der Waals surface area contributed by atoms with Gasteiger partial charge in [0.1, 0.15) is 6.61 Å². The Labute approximate surface area is 101 Å². The van der Waals surface area contributed by atoms with E-state index in [4.69, 9.17) is 4.74 Å². The fourth-order valence-electron chi connectivity index (χ4n) is 0.866. The number of rotatable bonds is 6. The molecule has 0 heterocycles. The minimum atomic E-state index is -0.311. The lowest BCUT2D eigenvalue weighted by molar-refractivity contribution is -0.140. The third kappa shape index (κ3) is 8.55. The van der Waals surface area contributed by atoms with Gasteiger partial charge >= 0.3 is 5.97 Å². The second-order valence-electron chi connectivity index (χ2n) is 3.68. The number of carbonyl (C=O) groups is 2. The molecule has 0 unspecified atom stereocenters. The summed E-state index contributed by atoms with van der Waals surface area (Å²) in [5.41, 5.74) is 0. The van der Waals surface area contributed by atoms with Crippen LogP contribution in [0.15, 0.2) is 0 Å². The number of hydrogen-bond donors (Lipinski definition) is 0. The van der Waals surface area contributed by atoms with E-state index in [0.29, 0.717) is 12.3 Å². The summed E-state index contributed by atoms with van der Waals surface area (Å²) in [6.45, 7) is 3.18. The monoisotopic (exact) mass is 248 g/mol. The average Bonchev–Trinajstić information content (AvgIpc) is 2.20. The summed E-state index contributed by atoms with van der Waals surface area (Å²) in [4.78, 5) is 25.7. The smallest absolute Gasteiger partial charge is 0.302 e. The fraction of sp³-hybridized carbons (Fsp3) is 0.800. The molecule has 6 heteroatoms. The highest BCUT2D eigenvalue weighted by Gasteiger charge is 2.09. The lowest BCUT2D eigenvalue weighted by Gasteiger charge is -2.18. The Balaban J connectivity index is 3.59. The van der Waals surface area contributed by atoms with Crippen LogP contribution in [0.1, 0.15) is 6.92 Å². The van der Waals surface area contributed by atoms with Crippen LogP contribution in [0.25, 0.3) is 0 Å². The molecule has 0 atom stereocenters. The molecule has 0 radical (unpaired) electrons. The van der Waals surface area contributed by atoms with Crippen LogP contribution in [0.3, 0.4) is 0 Å². The summed E-state index contributed by atoms with van der Waals surface area (Å²) in [5, 5.41) is 0.00834. The van der Waals surface area contributed by atoms with Gasteiger partial charge in [0.05, 0.1) is 0 Å². The van der Waals surface area contributed by atoms with Crippen molar-refractivity contribution in [1.82, 2.24) is 9.80 Å². The molecule has 0 aliphatic heterocycles. The summed E-state index contributed by atoms with van der Waals surface area (Å²) in [7, 11) is 5.70. The van der Waals surface area contributed by atoms with Crippen molar-refractivity contribution in [2.24, 2.45) is 0 Å². The first-order valence-corrected chi connectivity index (χ1v) is 6.08. The summed E-state index contributed by atoms with van der Waals surface area (Å²) in [6.07, 6.45) is 0. The van der Waals surface area contributed by atoms with Gasteiger partial charge < -0.3 is 14.5 Å². The maximum atomic E-state index is 11.5. The second kappa shape index (κ2) is 8.41. The van der Waals surface area contributed by atoms with E-state index >= 15 is 0 Å². The highest BCUT2D eigenvalue weighted by molar-refractivity contribution is 8.13. The normalized spacial score (nSPS) is 10.3. The molecule has 0 aliphatic rings. The second-order valence-corrected chi connectivity index (χ2v) is 4.73. The molecule has 5 nitrogen and oxygen atoms in total. The number of nitrogens with zero attached hydrogens (tertiary/aromatic N) is 2. The molecule has 0 rings (SSSR count). The topological polar surface area (TPSA) is 49.9 Å². The van der Waals surface area contributed by atoms with Crippen LogP contribution in [0.4, 0.5) is 4.79 Å². The Kier molecular flexibility index (Phi) is 8.01. The molecule has 16 heavy (non-hydrogen) atoms. The predicted octanol–water partition coefficient (Wildman–Crippen LogP) is 0.896. The van der Waals surface area contributed by atoms with Crippen molar-refractivity contribution >= 4 is 23.0 Å². The zero-order valence-electron chi connectivity index (χ0n) is 10.4. The summed E-state index contributed by atoms with van der Waals surface area (Å²) >= 11 is 1.17. The van der Waals surface area contributed by atoms with E-state index < -0.39 is 0 Å². The van der Waals surface area contributed by atoms with Crippen LogP contribution in [0.5, 0.6) is 0 Å². The first-order chi connectivity index (χ1) is 7.43. The Morgan fingerprint density at radius 2 is 1.81 bits per heavy atom. The minimum Gasteiger partial charge on any atom is -0.465 e. The molecule has 1 amide bonds. The third-order valence-electron chi connectivity index (χ3n) is 1.81. The Bertz CT molecular complexity index is 234. The van der Waals surface area contributed by atoms with Gasteiger partial charge in [0.2, 0.25) is 0 Å². The average molecular weight is 248 g/mol. The zero-order valence-corrected chi connectivity index (χ0v) is 11.2. The van der Waals surface area contributed by atoms with Crippen molar-refractivity contribution < 1.29 is 14.3 Å². The minimum absolute atomic E-state index is 0.00834. The summed E-state index contributed by atoms with van der Waals surface area (Å²) < 4.78 is 4.73. The SMILES string of the molecule is CC(=O)OCCSC(=O)N(C)CCN(C)C. The zero-order chi connectivity index (χ0) is 12.6. The van der Waals surface area contributed by atoms with E-state index in [-0.39, 0.29) is 17.8 Å². The quantitative estimate of drug-likeness (QED) is 0.516. The third-order valence-corrected chi connectivity index (χ3v) is 2.74. The number of ether oxygens (including phenoxy) is 1. The molecule has 0 N–H and O–H groups in total. The van der Waals surface area contributed by atoms with Crippen molar-refractivity contribution in [1.29, 1.82) is 0 Å². The van der Waals surface area contributed by atoms with Crippen molar-refractivity contribution in [2.75, 3.05) is 46.6 Å². The molecule has 0 aromatic carbocycles. The van der Waals surface area contributed by atoms with Gasteiger partial charge in [0, 0.05) is 32.8 Å². The molecule has 0 aromatic heterocycles. The van der Waals surface area contributed by atoms with Gasteiger partial charge in [-0.3, -0.25) is 9.59 Å². The van der Waals surface area contributed by atoms with Gasteiger partial charge in [0.15, 0.2) is 0 Å². The van der Waals surface area contributed by atoms with Crippen molar-refractivity contribution in [3.8, 4) is 0 Å². The molecule has 94 valence electrons. The molecular formula is C10H20N2O3S. The number of thioether (sulfide) groups is 1. The lowest BCUT2D eigenvalue weighted by atomic mass is 10.5. The van der Waals surface area contributed by atoms with Gasteiger partial charge in [-0.15, -0.1) is 0 Å². The Hall–Kier alpha value is -0.750. The first kappa shape index (κ1) is 15.2. The van der Waals surface area contributed by atoms with E-state index in [2.05, 4.69) is 0 Å². The van der Waals surface area contributed by atoms with Crippen LogP contribution in [-0.4, -0.2) is 67.6 Å². The molecule has 0 fully saturated rings. The first-order valence-electron chi connectivity index (χ1n) is 5.09. The maximum absolute atomic E-state index is 11.5. The van der Waals surface area contributed by atoms with Gasteiger partial charge in [-0.2, -0.15) is 0 Å². The molecule has 0 saturated heterocycles. The summed E-state index contributed by atoms with van der Waals surface area (Å²) in [6, 6.07) is 0. The van der Waals surface area contributed by atoms with Crippen LogP contribution < -0.4 is 0 Å². The van der Waals surface area contributed by atoms with E-state index in [1.165, 1.54) is 18.7 Å². The molecular weight excluding hydrogens is 228 g/mol. The largest absolute Gasteiger partial charge is 0.465 e. The van der Waals surface area contributed by atoms with Gasteiger partial charge in [-0.25, -0.2) is 0 Å². The Morgan fingerprint density at radius 3 is 2.31 bits per heavy atom. The number of likely N-dealkylation sites (N-methyl/N-ethyl adjacent to an activating group) is 2. The van der Waals surface area contributed by atoms with Crippen molar-refractivity contribution in [3.05, 3.63) is 0 Å². The molecule has 0 aliphatic carbocycles. The van der Waals surface area contributed by atoms with Crippen molar-refractivity contribution in [2.45, 2.75) is 6.92 Å². The summed E-state index contributed by atoms with van der Waals surface area (Å²) in [5.74, 6) is 0.194. The van der Waals surface area contributed by atoms with Gasteiger partial charge in [0.25, 0.3) is 5.24 Å². The van der Waals surface area contributed by atoms with E-state index in [9.17, 15) is 9.59 Å². The molecule has 0 spiro atoms. The van der Waals surface area contributed by atoms with Crippen LogP contribution in [0.2, 0.25) is 0 Å². The number of esters is 1. The highest BCUT2D eigenvalue weighted by atomic mass is 32.2. The van der Waals surface area contributed by atoms with E-state index in [1.807, 2.05) is 19.0 Å². The van der Waals surface area contributed by atoms with Gasteiger partial charge in [-0.1, -0.05) is 11.8 Å². The van der Waals surface area contributed by atoms with Crippen LogP contribution in [0, 0.1) is 0 Å². The van der Waals surface area contributed by atoms with E-state index in [0.717, 1.165) is 6.54 Å². The fourth-order valence-corrected chi connectivity index (χ4v) is 1.52. The number of carbonyl (C=O) groups excluding carboxylic acids is 2. The maximum Gasteiger partial charge on any atom is 0.302 e. The van der Waals surface area contributed by atoms with E-state index in [1.54, 1.807) is 11.9 Å². The molecule has 0 aromatic rings. The number of amides is 1. The van der Waals surface area contributed by atoms with Gasteiger partial charge in [-0.05, 0) is 14.1 Å². The standard InChI is InChI=1S/C10H20N2O3S/c1-9(13)15-7-8-16-10(14)12(4)6-5-11(2)3/h5-8H2,1-4H3. The lowest BCUT2D eigenvalue weighted by Crippen LogP contribution is -2.31. The predicted molar refractivity (Wildman–Crippen MR) is 65.7 cm³/mol. The molecule has 0 saturated carbocycles. The highest BCUT2D eigenvalue weighted by Crippen LogP contribution is 2.06. The molecule has 0 bridgehead atoms. The van der Waals surface area contributed by atoms with Crippen LogP contribution >= 0.6 is 11.8 Å².